The van der Waals surface area contributed by atoms with Gasteiger partial charge in [-0.25, -0.2) is 0 Å². The maximum Gasteiger partial charge on any atom is 0.462 e. The lowest BCUT2D eigenvalue weighted by atomic mass is 9.71. The molecule has 0 spiro atoms. The third-order valence-corrected chi connectivity index (χ3v) is 2.47. The summed E-state index contributed by atoms with van der Waals surface area (Å²) in [5.41, 5.74) is 0. The molecule has 0 unspecified atom stereocenters. The second-order valence-corrected chi connectivity index (χ2v) is 3.48. The fourth-order valence-corrected chi connectivity index (χ4v) is 1.71. The van der Waals surface area contributed by atoms with E-state index in [1.807, 2.05) is 0 Å². The molecule has 2 saturated heterocycles. The summed E-state index contributed by atoms with van der Waals surface area (Å²) in [7, 11) is -0.0374. The molecule has 74 valence electrons. The summed E-state index contributed by atoms with van der Waals surface area (Å²) in [5.74, 6) is 0.443. The molecule has 0 aromatic rings. The molecule has 2 aliphatic heterocycles. The second kappa shape index (κ2) is 4.95. The van der Waals surface area contributed by atoms with Crippen LogP contribution in [0.4, 0.5) is 0 Å². The number of rotatable bonds is 1. The lowest BCUT2D eigenvalue weighted by molar-refractivity contribution is 0.159. The minimum atomic E-state index is -0.0374. The van der Waals surface area contributed by atoms with E-state index in [0.29, 0.717) is 5.82 Å². The van der Waals surface area contributed by atoms with Gasteiger partial charge in [0.25, 0.3) is 0 Å². The van der Waals surface area contributed by atoms with E-state index in [9.17, 15) is 0 Å². The number of hydrogen-bond acceptors (Lipinski definition) is 4. The molecule has 2 fully saturated rings. The van der Waals surface area contributed by atoms with Gasteiger partial charge in [-0.15, -0.1) is 0 Å². The van der Waals surface area contributed by atoms with Crippen molar-refractivity contribution in [2.45, 2.75) is 12.2 Å². The fraction of sp³-hybridized carbons (Fsp3) is 1.00. The van der Waals surface area contributed by atoms with Crippen LogP contribution in [0.5, 0.6) is 0 Å². The van der Waals surface area contributed by atoms with Gasteiger partial charge in [-0.1, -0.05) is 0 Å². The summed E-state index contributed by atoms with van der Waals surface area (Å²) in [4.78, 5) is 0. The first-order chi connectivity index (χ1) is 6.47. The normalized spacial score (nSPS) is 31.4. The third-order valence-electron chi connectivity index (χ3n) is 2.47. The van der Waals surface area contributed by atoms with E-state index in [0.717, 1.165) is 45.9 Å². The molecule has 5 heteroatoms. The van der Waals surface area contributed by atoms with E-state index < -0.39 is 0 Å². The molecule has 0 bridgehead atoms. The molecule has 0 radical (unpaired) electrons. The van der Waals surface area contributed by atoms with Crippen molar-refractivity contribution >= 4 is 7.12 Å². The van der Waals surface area contributed by atoms with Crippen molar-refractivity contribution in [3.63, 3.8) is 0 Å². The summed E-state index contributed by atoms with van der Waals surface area (Å²) in [6.45, 7) is 4.97. The molecule has 0 aliphatic carbocycles. The van der Waals surface area contributed by atoms with Crippen LogP contribution in [0, 0.1) is 0 Å². The van der Waals surface area contributed by atoms with Crippen LogP contribution >= 0.6 is 0 Å². The van der Waals surface area contributed by atoms with E-state index >= 15 is 0 Å². The van der Waals surface area contributed by atoms with Crippen LogP contribution in [0.15, 0.2) is 0 Å². The standard InChI is InChI=1S/C8H16BNO3/c1-4-11-7-8(1)9-12-5-2-10-3-6-13-9/h8,10H,1-7H2/t8-/m0/s1. The number of hydrogen-bond donors (Lipinski definition) is 1. The summed E-state index contributed by atoms with van der Waals surface area (Å²) in [5, 5.41) is 3.22. The first-order valence-corrected chi connectivity index (χ1v) is 4.98. The van der Waals surface area contributed by atoms with Gasteiger partial charge < -0.3 is 19.4 Å². The van der Waals surface area contributed by atoms with Crippen LogP contribution in [0.3, 0.4) is 0 Å². The summed E-state index contributed by atoms with van der Waals surface area (Å²) < 4.78 is 16.5. The van der Waals surface area contributed by atoms with Crippen molar-refractivity contribution < 1.29 is 14.0 Å². The van der Waals surface area contributed by atoms with Gasteiger partial charge >= 0.3 is 7.12 Å². The largest absolute Gasteiger partial charge is 0.462 e. The lowest BCUT2D eigenvalue weighted by Crippen LogP contribution is -2.38. The molecule has 1 N–H and O–H groups in total. The first-order valence-electron chi connectivity index (χ1n) is 4.98. The molecule has 13 heavy (non-hydrogen) atoms. The van der Waals surface area contributed by atoms with E-state index in [1.165, 1.54) is 0 Å². The van der Waals surface area contributed by atoms with Crippen LogP contribution in [0.25, 0.3) is 0 Å². The van der Waals surface area contributed by atoms with Crippen molar-refractivity contribution in [3.05, 3.63) is 0 Å². The molecule has 2 aliphatic rings. The van der Waals surface area contributed by atoms with Crippen molar-refractivity contribution in [2.24, 2.45) is 0 Å². The van der Waals surface area contributed by atoms with Gasteiger partial charge in [0, 0.05) is 45.3 Å². The van der Waals surface area contributed by atoms with Crippen LogP contribution in [-0.4, -0.2) is 46.6 Å². The number of ether oxygens (including phenoxy) is 1. The monoisotopic (exact) mass is 185 g/mol. The third kappa shape index (κ3) is 2.67. The average Bonchev–Trinajstić information content (AvgIpc) is 2.55. The Balaban J connectivity index is 1.80. The van der Waals surface area contributed by atoms with Crippen molar-refractivity contribution in [1.29, 1.82) is 0 Å². The molecule has 0 aromatic carbocycles. The summed E-state index contributed by atoms with van der Waals surface area (Å²) >= 11 is 0. The highest BCUT2D eigenvalue weighted by Crippen LogP contribution is 2.23. The summed E-state index contributed by atoms with van der Waals surface area (Å²) in [6, 6.07) is 0. The van der Waals surface area contributed by atoms with Crippen molar-refractivity contribution in [2.75, 3.05) is 39.5 Å². The zero-order valence-corrected chi connectivity index (χ0v) is 7.83. The molecule has 0 amide bonds. The Bertz CT molecular complexity index is 144. The predicted octanol–water partition coefficient (Wildman–Crippen LogP) is -0.0985. The van der Waals surface area contributed by atoms with Gasteiger partial charge in [0.05, 0.1) is 0 Å². The van der Waals surface area contributed by atoms with Gasteiger partial charge in [0.15, 0.2) is 0 Å². The van der Waals surface area contributed by atoms with Crippen LogP contribution < -0.4 is 5.32 Å². The zero-order chi connectivity index (χ0) is 8.93. The van der Waals surface area contributed by atoms with Gasteiger partial charge in [0.1, 0.15) is 0 Å². The molecule has 1 atom stereocenters. The van der Waals surface area contributed by atoms with E-state index in [-0.39, 0.29) is 7.12 Å². The van der Waals surface area contributed by atoms with Gasteiger partial charge in [0.2, 0.25) is 0 Å². The molecular formula is C8H16BNO3. The van der Waals surface area contributed by atoms with E-state index in [1.54, 1.807) is 0 Å². The maximum atomic E-state index is 5.60. The quantitative estimate of drug-likeness (QED) is 0.579. The minimum absolute atomic E-state index is 0.0374. The highest BCUT2D eigenvalue weighted by molar-refractivity contribution is 6.46. The van der Waals surface area contributed by atoms with Gasteiger partial charge in [-0.3, -0.25) is 0 Å². The van der Waals surface area contributed by atoms with Gasteiger partial charge in [-0.2, -0.15) is 0 Å². The molecule has 2 rings (SSSR count). The summed E-state index contributed by atoms with van der Waals surface area (Å²) in [6.07, 6.45) is 1.07. The highest BCUT2D eigenvalue weighted by Gasteiger charge is 2.33. The Morgan fingerprint density at radius 1 is 1.08 bits per heavy atom. The Kier molecular flexibility index (Phi) is 3.60. The van der Waals surface area contributed by atoms with Crippen LogP contribution in [-0.2, 0) is 14.0 Å². The Hall–Kier alpha value is -0.0951. The van der Waals surface area contributed by atoms with Crippen LogP contribution in [0.1, 0.15) is 6.42 Å². The van der Waals surface area contributed by atoms with Crippen LogP contribution in [0.2, 0.25) is 5.82 Å². The fourth-order valence-electron chi connectivity index (χ4n) is 1.71. The zero-order valence-electron chi connectivity index (χ0n) is 7.83. The topological polar surface area (TPSA) is 39.7 Å². The van der Waals surface area contributed by atoms with Crippen molar-refractivity contribution in [3.8, 4) is 0 Å². The first kappa shape index (κ1) is 9.46. The predicted molar refractivity (Wildman–Crippen MR) is 49.7 cm³/mol. The van der Waals surface area contributed by atoms with Gasteiger partial charge in [-0.05, 0) is 6.42 Å². The average molecular weight is 185 g/mol. The molecule has 0 aromatic heterocycles. The van der Waals surface area contributed by atoms with Crippen molar-refractivity contribution in [1.82, 2.24) is 5.32 Å². The minimum Gasteiger partial charge on any atom is -0.410 e. The molecule has 0 saturated carbocycles. The Morgan fingerprint density at radius 2 is 1.85 bits per heavy atom. The van der Waals surface area contributed by atoms with E-state index in [2.05, 4.69) is 5.32 Å². The van der Waals surface area contributed by atoms with E-state index in [4.69, 9.17) is 14.0 Å². The Labute approximate surface area is 79.1 Å². The maximum absolute atomic E-state index is 5.60. The SMILES string of the molecule is C1COB([C@H]2CCOC2)OCCN1. The highest BCUT2D eigenvalue weighted by atomic mass is 16.6. The molecule has 4 nitrogen and oxygen atoms in total. The lowest BCUT2D eigenvalue weighted by Gasteiger charge is -2.21. The molecular weight excluding hydrogens is 169 g/mol. The Morgan fingerprint density at radius 3 is 2.46 bits per heavy atom. The molecule has 2 heterocycles. The number of nitrogens with one attached hydrogen (secondary N) is 1. The second-order valence-electron chi connectivity index (χ2n) is 3.48. The smallest absolute Gasteiger partial charge is 0.410 e.